The van der Waals surface area contributed by atoms with E-state index in [9.17, 15) is 14.4 Å². The van der Waals surface area contributed by atoms with E-state index in [1.54, 1.807) is 28.9 Å². The minimum Gasteiger partial charge on any atom is -0.453 e. The highest BCUT2D eigenvalue weighted by Gasteiger charge is 2.32. The second-order valence-electron chi connectivity index (χ2n) is 7.65. The van der Waals surface area contributed by atoms with Gasteiger partial charge in [0.1, 0.15) is 11.8 Å². The van der Waals surface area contributed by atoms with E-state index in [-0.39, 0.29) is 24.5 Å². The number of fused-ring (bicyclic) bond motifs is 1. The van der Waals surface area contributed by atoms with Crippen molar-refractivity contribution in [1.29, 1.82) is 5.41 Å². The lowest BCUT2D eigenvalue weighted by molar-refractivity contribution is -0.139. The van der Waals surface area contributed by atoms with Crippen molar-refractivity contribution in [2.24, 2.45) is 0 Å². The Kier molecular flexibility index (Phi) is 5.91. The molecule has 2 aliphatic rings. The fourth-order valence-electron chi connectivity index (χ4n) is 3.67. The summed E-state index contributed by atoms with van der Waals surface area (Å²) in [5, 5.41) is 17.5. The fraction of sp³-hybridized carbons (Fsp3) is 0.381. The summed E-state index contributed by atoms with van der Waals surface area (Å²) in [4.78, 5) is 38.3. The van der Waals surface area contributed by atoms with Crippen molar-refractivity contribution in [1.82, 2.24) is 20.0 Å². The Bertz CT molecular complexity index is 1080. The molecule has 32 heavy (non-hydrogen) atoms. The molecule has 3 amide bonds. The first-order valence-electron chi connectivity index (χ1n) is 10.2. The van der Waals surface area contributed by atoms with E-state index in [2.05, 4.69) is 20.5 Å². The van der Waals surface area contributed by atoms with Gasteiger partial charge in [-0.3, -0.25) is 14.3 Å². The SMILES string of the molecule is COC(=O)NCN1C[C@H](C)n2nc(-c3ccc(C=N)cc3NC(=O)C3CCO3)cc2C1=O. The molecule has 3 N–H and O–H groups in total. The molecule has 11 heteroatoms. The molecule has 1 saturated heterocycles. The number of hydrogen-bond acceptors (Lipinski definition) is 7. The number of carbonyl (C=O) groups is 3. The summed E-state index contributed by atoms with van der Waals surface area (Å²) >= 11 is 0. The molecule has 2 aromatic rings. The summed E-state index contributed by atoms with van der Waals surface area (Å²) in [6.45, 7) is 2.87. The zero-order chi connectivity index (χ0) is 22.8. The molecule has 0 aliphatic carbocycles. The van der Waals surface area contributed by atoms with Gasteiger partial charge in [0.15, 0.2) is 0 Å². The fourth-order valence-corrected chi connectivity index (χ4v) is 3.67. The number of methoxy groups -OCH3 is 1. The average Bonchev–Trinajstić information content (AvgIpc) is 3.19. The van der Waals surface area contributed by atoms with Gasteiger partial charge in [0.25, 0.3) is 11.8 Å². The van der Waals surface area contributed by atoms with Crippen LogP contribution in [0.15, 0.2) is 24.3 Å². The number of nitrogens with one attached hydrogen (secondary N) is 3. The Morgan fingerprint density at radius 2 is 2.16 bits per heavy atom. The molecule has 0 saturated carbocycles. The monoisotopic (exact) mass is 440 g/mol. The zero-order valence-corrected chi connectivity index (χ0v) is 17.8. The minimum atomic E-state index is -0.618. The maximum Gasteiger partial charge on any atom is 0.408 e. The molecule has 3 heterocycles. The lowest BCUT2D eigenvalue weighted by Crippen LogP contribution is -2.47. The topological polar surface area (TPSA) is 139 Å². The summed E-state index contributed by atoms with van der Waals surface area (Å²) in [6.07, 6.45) is 0.743. The molecule has 2 atom stereocenters. The predicted octanol–water partition coefficient (Wildman–Crippen LogP) is 1.61. The number of rotatable bonds is 6. The number of benzene rings is 1. The molecule has 2 aliphatic heterocycles. The number of alkyl carbamates (subject to hydrolysis) is 1. The maximum absolute atomic E-state index is 13.0. The first-order valence-corrected chi connectivity index (χ1v) is 10.2. The van der Waals surface area contributed by atoms with Crippen molar-refractivity contribution in [2.45, 2.75) is 25.5 Å². The molecule has 1 aromatic heterocycles. The third-order valence-corrected chi connectivity index (χ3v) is 5.48. The molecular weight excluding hydrogens is 416 g/mol. The van der Waals surface area contributed by atoms with Crippen molar-refractivity contribution in [3.63, 3.8) is 0 Å². The summed E-state index contributed by atoms with van der Waals surface area (Å²) < 4.78 is 11.5. The van der Waals surface area contributed by atoms with E-state index < -0.39 is 12.2 Å². The molecule has 0 radical (unpaired) electrons. The quantitative estimate of drug-likeness (QED) is 0.583. The maximum atomic E-state index is 13.0. The van der Waals surface area contributed by atoms with Gasteiger partial charge in [-0.2, -0.15) is 5.10 Å². The molecule has 4 rings (SSSR count). The molecular formula is C21H24N6O5. The summed E-state index contributed by atoms with van der Waals surface area (Å²) in [5.74, 6) is -0.532. The van der Waals surface area contributed by atoms with E-state index in [0.717, 1.165) is 0 Å². The molecule has 11 nitrogen and oxygen atoms in total. The van der Waals surface area contributed by atoms with Gasteiger partial charge in [-0.05, 0) is 30.7 Å². The van der Waals surface area contributed by atoms with Crippen LogP contribution in [0.4, 0.5) is 10.5 Å². The second kappa shape index (κ2) is 8.79. The summed E-state index contributed by atoms with van der Waals surface area (Å²) in [6, 6.07) is 6.73. The Morgan fingerprint density at radius 3 is 2.81 bits per heavy atom. The van der Waals surface area contributed by atoms with Gasteiger partial charge in [0.05, 0.1) is 37.8 Å². The van der Waals surface area contributed by atoms with Crippen LogP contribution in [-0.2, 0) is 14.3 Å². The van der Waals surface area contributed by atoms with Crippen LogP contribution in [0.2, 0.25) is 0 Å². The van der Waals surface area contributed by atoms with Crippen LogP contribution in [0, 0.1) is 5.41 Å². The average molecular weight is 440 g/mol. The smallest absolute Gasteiger partial charge is 0.408 e. The van der Waals surface area contributed by atoms with Gasteiger partial charge in [-0.25, -0.2) is 4.79 Å². The van der Waals surface area contributed by atoms with Crippen molar-refractivity contribution >= 4 is 29.8 Å². The van der Waals surface area contributed by atoms with Crippen LogP contribution in [0.1, 0.15) is 35.4 Å². The molecule has 0 bridgehead atoms. The molecule has 0 spiro atoms. The number of hydrogen-bond donors (Lipinski definition) is 3. The van der Waals surface area contributed by atoms with Crippen LogP contribution < -0.4 is 10.6 Å². The second-order valence-corrected chi connectivity index (χ2v) is 7.65. The van der Waals surface area contributed by atoms with Gasteiger partial charge in [0, 0.05) is 24.7 Å². The lowest BCUT2D eigenvalue weighted by Gasteiger charge is -2.31. The van der Waals surface area contributed by atoms with Gasteiger partial charge in [-0.15, -0.1) is 0 Å². The first-order chi connectivity index (χ1) is 15.4. The van der Waals surface area contributed by atoms with Crippen LogP contribution in [0.25, 0.3) is 11.3 Å². The van der Waals surface area contributed by atoms with Gasteiger partial charge < -0.3 is 30.4 Å². The van der Waals surface area contributed by atoms with Gasteiger partial charge in [-0.1, -0.05) is 6.07 Å². The predicted molar refractivity (Wildman–Crippen MR) is 115 cm³/mol. The zero-order valence-electron chi connectivity index (χ0n) is 17.8. The van der Waals surface area contributed by atoms with Crippen LogP contribution in [-0.4, -0.2) is 71.8 Å². The van der Waals surface area contributed by atoms with E-state index >= 15 is 0 Å². The first kappa shape index (κ1) is 21.5. The van der Waals surface area contributed by atoms with Gasteiger partial charge >= 0.3 is 6.09 Å². The Hall–Kier alpha value is -3.73. The van der Waals surface area contributed by atoms with E-state index in [0.29, 0.717) is 47.8 Å². The Morgan fingerprint density at radius 1 is 1.38 bits per heavy atom. The normalized spacial score (nSPS) is 19.6. The number of amides is 3. The summed E-state index contributed by atoms with van der Waals surface area (Å²) in [5.41, 5.74) is 2.63. The Balaban J connectivity index is 1.63. The van der Waals surface area contributed by atoms with E-state index in [1.807, 2.05) is 6.92 Å². The molecule has 1 aromatic carbocycles. The number of ether oxygens (including phenoxy) is 2. The van der Waals surface area contributed by atoms with Crippen LogP contribution in [0.5, 0.6) is 0 Å². The highest BCUT2D eigenvalue weighted by atomic mass is 16.5. The van der Waals surface area contributed by atoms with Crippen molar-refractivity contribution in [2.75, 3.05) is 32.2 Å². The minimum absolute atomic E-state index is 0.0209. The number of nitrogens with zero attached hydrogens (tertiary/aromatic N) is 3. The van der Waals surface area contributed by atoms with E-state index in [4.69, 9.17) is 10.1 Å². The molecule has 1 unspecified atom stereocenters. The van der Waals surface area contributed by atoms with E-state index in [1.165, 1.54) is 18.2 Å². The number of anilines is 1. The number of aromatic nitrogens is 2. The summed E-state index contributed by atoms with van der Waals surface area (Å²) in [7, 11) is 1.26. The van der Waals surface area contributed by atoms with Crippen molar-refractivity contribution in [3.8, 4) is 11.3 Å². The lowest BCUT2D eigenvalue weighted by atomic mass is 10.0. The molecule has 1 fully saturated rings. The largest absolute Gasteiger partial charge is 0.453 e. The van der Waals surface area contributed by atoms with Crippen LogP contribution >= 0.6 is 0 Å². The Labute approximate surface area is 184 Å². The standard InChI is InChI=1S/C21H24N6O5/c1-12-10-26(11-23-21(30)31-2)20(29)17-8-16(25-27(12)17)14-4-3-13(9-22)7-15(14)24-19(28)18-5-6-32-18/h3-4,7-9,12,18,22H,5-6,10-11H2,1-2H3,(H,23,30)(H,24,28)/t12-,18?/m0/s1. The van der Waals surface area contributed by atoms with Crippen LogP contribution in [0.3, 0.4) is 0 Å². The molecule has 168 valence electrons. The van der Waals surface area contributed by atoms with Gasteiger partial charge in [0.2, 0.25) is 0 Å². The van der Waals surface area contributed by atoms with Crippen molar-refractivity contribution in [3.05, 3.63) is 35.5 Å². The third-order valence-electron chi connectivity index (χ3n) is 5.48. The highest BCUT2D eigenvalue weighted by molar-refractivity contribution is 6.00. The van der Waals surface area contributed by atoms with Crippen molar-refractivity contribution < 1.29 is 23.9 Å². The highest BCUT2D eigenvalue weighted by Crippen LogP contribution is 2.32. The third kappa shape index (κ3) is 4.06. The number of carbonyl (C=O) groups excluding carboxylic acids is 3.